The van der Waals surface area contributed by atoms with Crippen LogP contribution < -0.4 is 5.32 Å². The number of hydrogen-bond donors (Lipinski definition) is 1. The number of rotatable bonds is 5. The van der Waals surface area contributed by atoms with E-state index < -0.39 is 17.7 Å². The Bertz CT molecular complexity index is 1040. The van der Waals surface area contributed by atoms with E-state index in [-0.39, 0.29) is 24.7 Å². The van der Waals surface area contributed by atoms with Gasteiger partial charge in [0.05, 0.1) is 5.56 Å². The van der Waals surface area contributed by atoms with Gasteiger partial charge in [0.1, 0.15) is 5.82 Å². The number of carbonyl (C=O) groups excluding carboxylic acids is 2. The van der Waals surface area contributed by atoms with Gasteiger partial charge < -0.3 is 10.2 Å². The molecule has 1 saturated carbocycles. The third-order valence-corrected chi connectivity index (χ3v) is 6.42. The molecule has 2 fully saturated rings. The molecule has 0 spiro atoms. The quantitative estimate of drug-likeness (QED) is 0.738. The van der Waals surface area contributed by atoms with Crippen LogP contribution in [-0.2, 0) is 11.3 Å². The molecule has 2 heterocycles. The Kier molecular flexibility index (Phi) is 6.43. The third-order valence-electron chi connectivity index (χ3n) is 6.42. The lowest BCUT2D eigenvalue weighted by Crippen LogP contribution is -2.53. The zero-order valence-electron chi connectivity index (χ0n) is 18.7. The maximum Gasteiger partial charge on any atom is 0.257 e. The van der Waals surface area contributed by atoms with E-state index in [1.165, 1.54) is 18.3 Å². The minimum atomic E-state index is -2.71. The predicted molar refractivity (Wildman–Crippen MR) is 118 cm³/mol. The minimum Gasteiger partial charge on any atom is -0.340 e. The first kappa shape index (κ1) is 23.2. The average Bonchev–Trinajstić information content (AvgIpc) is 2.75. The fourth-order valence-corrected chi connectivity index (χ4v) is 4.29. The van der Waals surface area contributed by atoms with Gasteiger partial charge in [0.2, 0.25) is 11.8 Å². The molecule has 1 saturated heterocycles. The summed E-state index contributed by atoms with van der Waals surface area (Å²) in [5.74, 6) is -4.30. The summed E-state index contributed by atoms with van der Waals surface area (Å²) < 4.78 is 40.5. The largest absolute Gasteiger partial charge is 0.340 e. The van der Waals surface area contributed by atoms with Crippen molar-refractivity contribution in [3.63, 3.8) is 0 Å². The zero-order chi connectivity index (χ0) is 23.8. The van der Waals surface area contributed by atoms with Gasteiger partial charge in [-0.2, -0.15) is 0 Å². The molecule has 2 aromatic rings. The lowest BCUT2D eigenvalue weighted by Gasteiger charge is -2.40. The van der Waals surface area contributed by atoms with Gasteiger partial charge in [-0.05, 0) is 49.2 Å². The number of anilines is 1. The summed E-state index contributed by atoms with van der Waals surface area (Å²) in [6.07, 6.45) is 0.759. The van der Waals surface area contributed by atoms with Gasteiger partial charge in [-0.1, -0.05) is 0 Å². The number of aryl methyl sites for hydroxylation is 1. The van der Waals surface area contributed by atoms with Crippen LogP contribution in [0.5, 0.6) is 0 Å². The highest BCUT2D eigenvalue weighted by molar-refractivity contribution is 6.04. The molecular formula is C24H27F3N4O2. The Hall–Kier alpha value is -2.94. The molecule has 1 aromatic heterocycles. The summed E-state index contributed by atoms with van der Waals surface area (Å²) in [5, 5.41) is 2.77. The highest BCUT2D eigenvalue weighted by Gasteiger charge is 2.49. The second kappa shape index (κ2) is 9.13. The van der Waals surface area contributed by atoms with Gasteiger partial charge >= 0.3 is 0 Å². The fourth-order valence-electron chi connectivity index (χ4n) is 4.29. The molecule has 1 N–H and O–H groups in total. The molecule has 2 aliphatic rings. The molecule has 2 amide bonds. The Morgan fingerprint density at radius 1 is 1.12 bits per heavy atom. The minimum absolute atomic E-state index is 0.196. The molecule has 4 rings (SSSR count). The number of aromatic nitrogens is 1. The molecule has 9 heteroatoms. The summed E-state index contributed by atoms with van der Waals surface area (Å²) in [6, 6.07) is 6.15. The van der Waals surface area contributed by atoms with Crippen LogP contribution in [0.25, 0.3) is 0 Å². The van der Waals surface area contributed by atoms with Crippen LogP contribution in [0.2, 0.25) is 0 Å². The van der Waals surface area contributed by atoms with E-state index in [2.05, 4.69) is 15.2 Å². The standard InChI is InChI=1S/C24H27F3N4O2/c1-15-3-4-17(13-28-15)22(32)29-21-10-20(25)9-18(16(21)2)14-30-5-7-31(8-6-30)23(33)19-11-24(26,27)12-19/h3-4,9-10,13,19H,5-8,11-12,14H2,1-2H3,(H,29,32). The van der Waals surface area contributed by atoms with E-state index >= 15 is 0 Å². The zero-order valence-corrected chi connectivity index (χ0v) is 18.7. The number of amides is 2. The van der Waals surface area contributed by atoms with E-state index in [9.17, 15) is 22.8 Å². The Labute approximate surface area is 190 Å². The molecule has 0 radical (unpaired) electrons. The van der Waals surface area contributed by atoms with Crippen LogP contribution in [0.4, 0.5) is 18.9 Å². The Morgan fingerprint density at radius 2 is 1.82 bits per heavy atom. The number of alkyl halides is 2. The first-order valence-electron chi connectivity index (χ1n) is 11.0. The molecular weight excluding hydrogens is 433 g/mol. The molecule has 0 unspecified atom stereocenters. The molecule has 0 atom stereocenters. The second-order valence-electron chi connectivity index (χ2n) is 8.94. The van der Waals surface area contributed by atoms with Gasteiger partial charge in [0.15, 0.2) is 0 Å². The van der Waals surface area contributed by atoms with Crippen molar-refractivity contribution in [1.29, 1.82) is 0 Å². The van der Waals surface area contributed by atoms with E-state index in [0.717, 1.165) is 16.8 Å². The van der Waals surface area contributed by atoms with Gasteiger partial charge in [-0.25, -0.2) is 13.2 Å². The van der Waals surface area contributed by atoms with Crippen molar-refractivity contribution in [1.82, 2.24) is 14.8 Å². The maximum atomic E-state index is 14.3. The van der Waals surface area contributed by atoms with Gasteiger partial charge in [0.25, 0.3) is 5.91 Å². The fraction of sp³-hybridized carbons (Fsp3) is 0.458. The van der Waals surface area contributed by atoms with Crippen molar-refractivity contribution in [2.24, 2.45) is 5.92 Å². The number of benzene rings is 1. The number of pyridine rings is 1. The highest BCUT2D eigenvalue weighted by Crippen LogP contribution is 2.43. The molecule has 6 nitrogen and oxygen atoms in total. The van der Waals surface area contributed by atoms with Crippen LogP contribution in [0, 0.1) is 25.6 Å². The van der Waals surface area contributed by atoms with Crippen LogP contribution in [0.3, 0.4) is 0 Å². The Morgan fingerprint density at radius 3 is 2.42 bits per heavy atom. The molecule has 1 aromatic carbocycles. The van der Waals surface area contributed by atoms with Gasteiger partial charge in [0, 0.05) is 69.1 Å². The van der Waals surface area contributed by atoms with Crippen LogP contribution in [0.15, 0.2) is 30.5 Å². The lowest BCUT2D eigenvalue weighted by molar-refractivity contribution is -0.161. The maximum absolute atomic E-state index is 14.3. The molecule has 33 heavy (non-hydrogen) atoms. The average molecular weight is 461 g/mol. The van der Waals surface area contributed by atoms with Crippen LogP contribution >= 0.6 is 0 Å². The number of carbonyl (C=O) groups is 2. The number of piperazine rings is 1. The predicted octanol–water partition coefficient (Wildman–Crippen LogP) is 3.78. The van der Waals surface area contributed by atoms with E-state index in [1.807, 2.05) is 13.8 Å². The summed E-state index contributed by atoms with van der Waals surface area (Å²) in [6.45, 7) is 6.17. The van der Waals surface area contributed by atoms with Crippen molar-refractivity contribution >= 4 is 17.5 Å². The summed E-state index contributed by atoms with van der Waals surface area (Å²) in [4.78, 5) is 32.8. The molecule has 1 aliphatic heterocycles. The number of nitrogens with zero attached hydrogens (tertiary/aromatic N) is 3. The number of hydrogen-bond acceptors (Lipinski definition) is 4. The number of halogens is 3. The van der Waals surface area contributed by atoms with E-state index in [0.29, 0.717) is 44.0 Å². The monoisotopic (exact) mass is 460 g/mol. The lowest BCUT2D eigenvalue weighted by atomic mass is 9.80. The summed E-state index contributed by atoms with van der Waals surface area (Å²) in [5.41, 5.74) is 3.08. The van der Waals surface area contributed by atoms with Crippen molar-refractivity contribution in [2.45, 2.75) is 39.2 Å². The SMILES string of the molecule is Cc1ccc(C(=O)Nc2cc(F)cc(CN3CCN(C(=O)C4CC(F)(F)C4)CC3)c2C)cn1. The second-order valence-corrected chi connectivity index (χ2v) is 8.94. The van der Waals surface area contributed by atoms with E-state index in [4.69, 9.17) is 0 Å². The topological polar surface area (TPSA) is 65.5 Å². The Balaban J connectivity index is 1.37. The van der Waals surface area contributed by atoms with Crippen LogP contribution in [0.1, 0.15) is 40.0 Å². The normalized spacial score (nSPS) is 18.6. The number of nitrogens with one attached hydrogen (secondary N) is 1. The van der Waals surface area contributed by atoms with Gasteiger partial charge in [-0.15, -0.1) is 0 Å². The summed E-state index contributed by atoms with van der Waals surface area (Å²) in [7, 11) is 0. The molecule has 0 bridgehead atoms. The highest BCUT2D eigenvalue weighted by atomic mass is 19.3. The van der Waals surface area contributed by atoms with Crippen molar-refractivity contribution in [2.75, 3.05) is 31.5 Å². The van der Waals surface area contributed by atoms with Crippen molar-refractivity contribution in [3.8, 4) is 0 Å². The molecule has 1 aliphatic carbocycles. The smallest absolute Gasteiger partial charge is 0.257 e. The first-order chi connectivity index (χ1) is 15.6. The third kappa shape index (κ3) is 5.35. The van der Waals surface area contributed by atoms with Crippen LogP contribution in [-0.4, -0.2) is 58.7 Å². The first-order valence-corrected chi connectivity index (χ1v) is 11.0. The van der Waals surface area contributed by atoms with Crippen molar-refractivity contribution < 1.29 is 22.8 Å². The summed E-state index contributed by atoms with van der Waals surface area (Å²) >= 11 is 0. The molecule has 176 valence electrons. The van der Waals surface area contributed by atoms with E-state index in [1.54, 1.807) is 17.0 Å². The van der Waals surface area contributed by atoms with Gasteiger partial charge in [-0.3, -0.25) is 19.5 Å². The van der Waals surface area contributed by atoms with Crippen molar-refractivity contribution in [3.05, 3.63) is 58.7 Å².